The van der Waals surface area contributed by atoms with E-state index in [9.17, 15) is 0 Å². The summed E-state index contributed by atoms with van der Waals surface area (Å²) in [6.07, 6.45) is 8.55. The molecule has 1 aromatic rings. The molecule has 0 saturated heterocycles. The number of likely N-dealkylation sites (N-methyl/N-ethyl adjacent to an activating group) is 1. The molecule has 0 aromatic carbocycles. The molecule has 1 heterocycles. The van der Waals surface area contributed by atoms with Crippen LogP contribution < -0.4 is 27.9 Å². The molecule has 9 heteroatoms. The third-order valence-corrected chi connectivity index (χ3v) is 4.79. The van der Waals surface area contributed by atoms with E-state index in [0.717, 1.165) is 18.6 Å². The molecule has 29 heavy (non-hydrogen) atoms. The third-order valence-electron chi connectivity index (χ3n) is 4.79. The quantitative estimate of drug-likeness (QED) is 0.211. The summed E-state index contributed by atoms with van der Waals surface area (Å²) in [6.45, 7) is 4.32. The second-order valence-corrected chi connectivity index (χ2v) is 8.02. The van der Waals surface area contributed by atoms with Gasteiger partial charge in [0.1, 0.15) is 11.6 Å². The van der Waals surface area contributed by atoms with Crippen LogP contribution in [0.15, 0.2) is 29.1 Å². The summed E-state index contributed by atoms with van der Waals surface area (Å²) in [6, 6.07) is 3.71. The van der Waals surface area contributed by atoms with Crippen molar-refractivity contribution in [2.75, 3.05) is 13.6 Å². The molecule has 1 aliphatic carbocycles. The van der Waals surface area contributed by atoms with E-state index in [1.165, 1.54) is 29.4 Å². The van der Waals surface area contributed by atoms with E-state index in [0.29, 0.717) is 35.3 Å². The van der Waals surface area contributed by atoms with E-state index < -0.39 is 0 Å². The average Bonchev–Trinajstić information content (AvgIpc) is 2.66. The molecule has 2 rings (SSSR count). The molecule has 1 saturated carbocycles. The lowest BCUT2D eigenvalue weighted by atomic mass is 9.98. The molecule has 0 atom stereocenters. The molecular formula is C20H36N8O. The van der Waals surface area contributed by atoms with Crippen molar-refractivity contribution in [2.45, 2.75) is 58.5 Å². The van der Waals surface area contributed by atoms with Crippen LogP contribution in [0.5, 0.6) is 5.75 Å². The number of hydrazine groups is 2. The van der Waals surface area contributed by atoms with Crippen LogP contribution in [0, 0.1) is 5.92 Å². The molecule has 9 nitrogen and oxygen atoms in total. The van der Waals surface area contributed by atoms with Gasteiger partial charge in [0.25, 0.3) is 0 Å². The van der Waals surface area contributed by atoms with Gasteiger partial charge in [-0.15, -0.1) is 5.10 Å². The van der Waals surface area contributed by atoms with E-state index in [1.54, 1.807) is 13.2 Å². The van der Waals surface area contributed by atoms with Gasteiger partial charge >= 0.3 is 0 Å². The Labute approximate surface area is 173 Å². The molecule has 1 aliphatic rings. The number of nitrogens with two attached hydrogens (primary N) is 4. The number of aromatic nitrogens is 1. The van der Waals surface area contributed by atoms with E-state index in [-0.39, 0.29) is 12.6 Å². The van der Waals surface area contributed by atoms with Crippen molar-refractivity contribution in [3.8, 4) is 5.75 Å². The Morgan fingerprint density at radius 1 is 1.21 bits per heavy atom. The Bertz CT molecular complexity index is 693. The van der Waals surface area contributed by atoms with Crippen molar-refractivity contribution in [3.63, 3.8) is 0 Å². The summed E-state index contributed by atoms with van der Waals surface area (Å²) in [7, 11) is 1.69. The number of hydrogen-bond acceptors (Lipinski definition) is 8. The average molecular weight is 405 g/mol. The maximum Gasteiger partial charge on any atom is 0.138 e. The zero-order valence-electron chi connectivity index (χ0n) is 17.8. The van der Waals surface area contributed by atoms with Crippen LogP contribution in [0.4, 0.5) is 0 Å². The lowest BCUT2D eigenvalue weighted by Gasteiger charge is -2.24. The summed E-state index contributed by atoms with van der Waals surface area (Å²) in [5.41, 5.74) is 13.9. The molecule has 162 valence electrons. The van der Waals surface area contributed by atoms with Gasteiger partial charge in [0.05, 0.1) is 35.9 Å². The zero-order chi connectivity index (χ0) is 21.4. The standard InChI is InChI=1S/C20H36N8O/c1-14(2)11-19(21)26-28(24)13-18(27(3)23)20(22)17-10-9-16(12-25-17)29-15-7-5-4-6-8-15/h9-10,12,14-15H,4-8,11,13,22-24H2,1-3H3,(H2,21,26)/b20-18-. The first-order valence-electron chi connectivity index (χ1n) is 10.2. The van der Waals surface area contributed by atoms with Gasteiger partial charge in [-0.1, -0.05) is 20.3 Å². The van der Waals surface area contributed by atoms with Gasteiger partial charge in [-0.2, -0.15) is 0 Å². The summed E-state index contributed by atoms with van der Waals surface area (Å²) in [4.78, 5) is 4.45. The normalized spacial score (nSPS) is 16.6. The van der Waals surface area contributed by atoms with Gasteiger partial charge in [0, 0.05) is 13.5 Å². The van der Waals surface area contributed by atoms with Gasteiger partial charge in [0.2, 0.25) is 0 Å². The third kappa shape index (κ3) is 7.43. The monoisotopic (exact) mass is 404 g/mol. The summed E-state index contributed by atoms with van der Waals surface area (Å²) in [5.74, 6) is 13.6. The van der Waals surface area contributed by atoms with Crippen LogP contribution in [0.1, 0.15) is 58.1 Å². The Kier molecular flexibility index (Phi) is 8.53. The van der Waals surface area contributed by atoms with Crippen molar-refractivity contribution in [1.82, 2.24) is 15.1 Å². The molecule has 1 fully saturated rings. The Hall–Kier alpha value is -2.52. The van der Waals surface area contributed by atoms with Gasteiger partial charge in [0.15, 0.2) is 0 Å². The second kappa shape index (κ2) is 10.9. The SMILES string of the molecule is CC(C)C/C(N)=N/N(N)C/C(=C(/N)c1ccc(OC2CCCCC2)cn1)N(C)N. The van der Waals surface area contributed by atoms with Gasteiger partial charge < -0.3 is 21.2 Å². The maximum atomic E-state index is 6.33. The first-order valence-corrected chi connectivity index (χ1v) is 10.2. The van der Waals surface area contributed by atoms with Crippen LogP contribution in [-0.4, -0.2) is 40.6 Å². The van der Waals surface area contributed by atoms with E-state index >= 15 is 0 Å². The van der Waals surface area contributed by atoms with Crippen molar-refractivity contribution >= 4 is 11.5 Å². The topological polar surface area (TPSA) is 145 Å². The number of pyridine rings is 1. The highest BCUT2D eigenvalue weighted by atomic mass is 16.5. The highest BCUT2D eigenvalue weighted by Crippen LogP contribution is 2.24. The summed E-state index contributed by atoms with van der Waals surface area (Å²) >= 11 is 0. The number of rotatable bonds is 9. The smallest absolute Gasteiger partial charge is 0.138 e. The molecule has 0 amide bonds. The molecule has 0 bridgehead atoms. The number of hydrazone groups is 1. The summed E-state index contributed by atoms with van der Waals surface area (Å²) < 4.78 is 6.02. The summed E-state index contributed by atoms with van der Waals surface area (Å²) in [5, 5.41) is 6.84. The number of amidine groups is 1. The molecular weight excluding hydrogens is 368 g/mol. The lowest BCUT2D eigenvalue weighted by Crippen LogP contribution is -2.38. The molecule has 0 spiro atoms. The second-order valence-electron chi connectivity index (χ2n) is 8.02. The Morgan fingerprint density at radius 3 is 2.45 bits per heavy atom. The Balaban J connectivity index is 2.09. The van der Waals surface area contributed by atoms with Crippen LogP contribution in [-0.2, 0) is 0 Å². The molecule has 1 aromatic heterocycles. The van der Waals surface area contributed by atoms with Crippen LogP contribution in [0.25, 0.3) is 5.70 Å². The minimum absolute atomic E-state index is 0.194. The van der Waals surface area contributed by atoms with Crippen molar-refractivity contribution < 1.29 is 4.74 Å². The van der Waals surface area contributed by atoms with E-state index in [1.807, 2.05) is 12.1 Å². The van der Waals surface area contributed by atoms with E-state index in [2.05, 4.69) is 23.9 Å². The highest BCUT2D eigenvalue weighted by molar-refractivity contribution is 5.80. The molecule has 0 unspecified atom stereocenters. The predicted octanol–water partition coefficient (Wildman–Crippen LogP) is 1.72. The fraction of sp³-hybridized carbons (Fsp3) is 0.600. The molecule has 0 radical (unpaired) electrons. The van der Waals surface area contributed by atoms with Gasteiger partial charge in [-0.3, -0.25) is 4.98 Å². The van der Waals surface area contributed by atoms with Crippen LogP contribution in [0.3, 0.4) is 0 Å². The largest absolute Gasteiger partial charge is 0.489 e. The zero-order valence-corrected chi connectivity index (χ0v) is 17.8. The molecule has 8 N–H and O–H groups in total. The van der Waals surface area contributed by atoms with Gasteiger partial charge in [-0.05, 0) is 43.7 Å². The predicted molar refractivity (Wildman–Crippen MR) is 117 cm³/mol. The van der Waals surface area contributed by atoms with Crippen molar-refractivity contribution in [2.24, 2.45) is 34.2 Å². The highest BCUT2D eigenvalue weighted by Gasteiger charge is 2.16. The van der Waals surface area contributed by atoms with Crippen molar-refractivity contribution in [1.29, 1.82) is 0 Å². The lowest BCUT2D eigenvalue weighted by molar-refractivity contribution is 0.154. The van der Waals surface area contributed by atoms with Crippen molar-refractivity contribution in [3.05, 3.63) is 29.7 Å². The number of ether oxygens (including phenoxy) is 1. The Morgan fingerprint density at radius 2 is 1.90 bits per heavy atom. The maximum absolute atomic E-state index is 6.33. The first kappa shape index (κ1) is 22.8. The van der Waals surface area contributed by atoms with E-state index in [4.69, 9.17) is 27.9 Å². The first-order chi connectivity index (χ1) is 13.8. The van der Waals surface area contributed by atoms with Crippen LogP contribution >= 0.6 is 0 Å². The van der Waals surface area contributed by atoms with Crippen LogP contribution in [0.2, 0.25) is 0 Å². The fourth-order valence-electron chi connectivity index (χ4n) is 3.33. The number of nitrogens with zero attached hydrogens (tertiary/aromatic N) is 4. The minimum Gasteiger partial charge on any atom is -0.489 e. The molecule has 0 aliphatic heterocycles. The number of hydrogen-bond donors (Lipinski definition) is 4. The van der Waals surface area contributed by atoms with Gasteiger partial charge in [-0.25, -0.2) is 16.8 Å². The fourth-order valence-corrected chi connectivity index (χ4v) is 3.33. The minimum atomic E-state index is 0.194.